The van der Waals surface area contributed by atoms with Gasteiger partial charge in [-0.25, -0.2) is 4.98 Å². The zero-order chi connectivity index (χ0) is 11.9. The molecule has 0 aliphatic heterocycles. The minimum absolute atomic E-state index is 0.208. The molecule has 0 spiro atoms. The van der Waals surface area contributed by atoms with Crippen LogP contribution < -0.4 is 5.73 Å². The number of rotatable bonds is 1. The van der Waals surface area contributed by atoms with Gasteiger partial charge in [-0.1, -0.05) is 26.8 Å². The number of nitrogens with zero attached hydrogens (tertiary/aromatic N) is 2. The highest BCUT2D eigenvalue weighted by molar-refractivity contribution is 5.57. The van der Waals surface area contributed by atoms with Crippen LogP contribution in [0.1, 0.15) is 32.0 Å². The number of pyridine rings is 1. The molecule has 0 unspecified atom stereocenters. The van der Waals surface area contributed by atoms with E-state index in [9.17, 15) is 0 Å². The van der Waals surface area contributed by atoms with Crippen molar-refractivity contribution in [2.75, 3.05) is 5.73 Å². The summed E-state index contributed by atoms with van der Waals surface area (Å²) in [6.07, 6.45) is 2.87. The van der Waals surface area contributed by atoms with Gasteiger partial charge in [0, 0.05) is 6.20 Å². The Hall–Kier alpha value is -1.51. The van der Waals surface area contributed by atoms with Gasteiger partial charge in [-0.3, -0.25) is 4.40 Å². The van der Waals surface area contributed by atoms with E-state index in [0.29, 0.717) is 0 Å². The second-order valence-electron chi connectivity index (χ2n) is 5.57. The third kappa shape index (κ3) is 1.90. The van der Waals surface area contributed by atoms with E-state index in [1.807, 2.05) is 16.7 Å². The first-order chi connectivity index (χ1) is 7.38. The number of nitrogens with two attached hydrogens (primary N) is 1. The van der Waals surface area contributed by atoms with Crippen molar-refractivity contribution in [3.63, 3.8) is 0 Å². The lowest BCUT2D eigenvalue weighted by Gasteiger charge is -2.16. The topological polar surface area (TPSA) is 43.3 Å². The fourth-order valence-corrected chi connectivity index (χ4v) is 1.90. The normalized spacial score (nSPS) is 12.2. The Labute approximate surface area is 96.3 Å². The maximum atomic E-state index is 6.12. The summed E-state index contributed by atoms with van der Waals surface area (Å²) in [6, 6.07) is 4.06. The molecule has 2 aromatic rings. The third-order valence-electron chi connectivity index (χ3n) is 2.66. The smallest absolute Gasteiger partial charge is 0.141 e. The summed E-state index contributed by atoms with van der Waals surface area (Å²) in [5.74, 6) is 0.772. The van der Waals surface area contributed by atoms with Crippen LogP contribution in [0.25, 0.3) is 5.65 Å². The average molecular weight is 217 g/mol. The fourth-order valence-electron chi connectivity index (χ4n) is 1.90. The van der Waals surface area contributed by atoms with Crippen molar-refractivity contribution < 1.29 is 0 Å². The van der Waals surface area contributed by atoms with E-state index in [2.05, 4.69) is 38.7 Å². The van der Waals surface area contributed by atoms with E-state index in [1.165, 1.54) is 0 Å². The van der Waals surface area contributed by atoms with Gasteiger partial charge in [0.2, 0.25) is 0 Å². The van der Waals surface area contributed by atoms with Gasteiger partial charge >= 0.3 is 0 Å². The number of nitrogen functional groups attached to an aromatic ring is 1. The molecule has 0 radical (unpaired) electrons. The Morgan fingerprint density at radius 3 is 2.62 bits per heavy atom. The van der Waals surface area contributed by atoms with Crippen LogP contribution in [0.5, 0.6) is 0 Å². The maximum absolute atomic E-state index is 6.12. The Bertz CT molecular complexity index is 518. The molecule has 16 heavy (non-hydrogen) atoms. The van der Waals surface area contributed by atoms with Crippen LogP contribution in [0.4, 0.5) is 5.82 Å². The van der Waals surface area contributed by atoms with Gasteiger partial charge in [0.05, 0.1) is 5.69 Å². The predicted octanol–water partition coefficient (Wildman–Crippen LogP) is 2.81. The molecule has 3 heteroatoms. The predicted molar refractivity (Wildman–Crippen MR) is 67.5 cm³/mol. The second kappa shape index (κ2) is 3.51. The summed E-state index contributed by atoms with van der Waals surface area (Å²) in [7, 11) is 0. The van der Waals surface area contributed by atoms with Crippen LogP contribution in [0, 0.1) is 12.3 Å². The number of aryl methyl sites for hydroxylation is 1. The molecule has 0 aliphatic carbocycles. The van der Waals surface area contributed by atoms with Crippen molar-refractivity contribution in [2.45, 2.75) is 34.1 Å². The average Bonchev–Trinajstić information content (AvgIpc) is 2.44. The van der Waals surface area contributed by atoms with Gasteiger partial charge in [0.25, 0.3) is 0 Å². The minimum Gasteiger partial charge on any atom is -0.383 e. The van der Waals surface area contributed by atoms with Crippen LogP contribution in [0.2, 0.25) is 0 Å². The lowest BCUT2D eigenvalue weighted by atomic mass is 9.90. The molecule has 0 aromatic carbocycles. The maximum Gasteiger partial charge on any atom is 0.141 e. The molecule has 2 heterocycles. The van der Waals surface area contributed by atoms with Crippen molar-refractivity contribution in [1.29, 1.82) is 0 Å². The van der Waals surface area contributed by atoms with Gasteiger partial charge in [-0.15, -0.1) is 0 Å². The van der Waals surface area contributed by atoms with Crippen molar-refractivity contribution >= 4 is 11.5 Å². The van der Waals surface area contributed by atoms with E-state index in [0.717, 1.165) is 29.1 Å². The van der Waals surface area contributed by atoms with Gasteiger partial charge < -0.3 is 5.73 Å². The zero-order valence-electron chi connectivity index (χ0n) is 10.4. The molecule has 2 aromatic heterocycles. The van der Waals surface area contributed by atoms with E-state index < -0.39 is 0 Å². The standard InChI is InChI=1S/C13H19N3/c1-9-6-5-7-16-11(14)10(15-12(9)16)8-13(2,3)4/h5-7H,8,14H2,1-4H3. The quantitative estimate of drug-likeness (QED) is 0.798. The Morgan fingerprint density at radius 1 is 1.38 bits per heavy atom. The molecule has 0 bridgehead atoms. The highest BCUT2D eigenvalue weighted by Crippen LogP contribution is 2.25. The summed E-state index contributed by atoms with van der Waals surface area (Å²) in [4.78, 5) is 4.64. The van der Waals surface area contributed by atoms with Crippen LogP contribution in [0.3, 0.4) is 0 Å². The lowest BCUT2D eigenvalue weighted by Crippen LogP contribution is -2.11. The van der Waals surface area contributed by atoms with Gasteiger partial charge in [-0.05, 0) is 30.4 Å². The number of hydrogen-bond donors (Lipinski definition) is 1. The highest BCUT2D eigenvalue weighted by atomic mass is 15.1. The zero-order valence-corrected chi connectivity index (χ0v) is 10.4. The minimum atomic E-state index is 0.208. The molecule has 0 amide bonds. The van der Waals surface area contributed by atoms with Crippen LogP contribution in [-0.2, 0) is 6.42 Å². The van der Waals surface area contributed by atoms with Crippen LogP contribution >= 0.6 is 0 Å². The van der Waals surface area contributed by atoms with E-state index in [4.69, 9.17) is 5.73 Å². The summed E-state index contributed by atoms with van der Waals surface area (Å²) < 4.78 is 1.97. The summed E-state index contributed by atoms with van der Waals surface area (Å²) in [5, 5.41) is 0. The molecule has 0 saturated carbocycles. The van der Waals surface area contributed by atoms with Crippen molar-refractivity contribution in [3.8, 4) is 0 Å². The van der Waals surface area contributed by atoms with Crippen molar-refractivity contribution in [2.24, 2.45) is 5.41 Å². The first-order valence-corrected chi connectivity index (χ1v) is 5.60. The Kier molecular flexibility index (Phi) is 2.41. The highest BCUT2D eigenvalue weighted by Gasteiger charge is 2.17. The number of imidazole rings is 1. The molecule has 0 saturated heterocycles. The molecule has 2 rings (SSSR count). The van der Waals surface area contributed by atoms with Crippen molar-refractivity contribution in [1.82, 2.24) is 9.38 Å². The molecular weight excluding hydrogens is 198 g/mol. The molecule has 3 nitrogen and oxygen atoms in total. The van der Waals surface area contributed by atoms with E-state index >= 15 is 0 Å². The lowest BCUT2D eigenvalue weighted by molar-refractivity contribution is 0.408. The number of anilines is 1. The third-order valence-corrected chi connectivity index (χ3v) is 2.66. The molecule has 2 N–H and O–H groups in total. The number of hydrogen-bond acceptors (Lipinski definition) is 2. The molecule has 86 valence electrons. The van der Waals surface area contributed by atoms with Gasteiger partial charge in [0.1, 0.15) is 11.5 Å². The first kappa shape index (κ1) is 11.0. The largest absolute Gasteiger partial charge is 0.383 e. The molecule has 0 fully saturated rings. The van der Waals surface area contributed by atoms with E-state index in [1.54, 1.807) is 0 Å². The monoisotopic (exact) mass is 217 g/mol. The van der Waals surface area contributed by atoms with E-state index in [-0.39, 0.29) is 5.41 Å². The van der Waals surface area contributed by atoms with Crippen LogP contribution in [0.15, 0.2) is 18.3 Å². The summed E-state index contributed by atoms with van der Waals surface area (Å²) >= 11 is 0. The first-order valence-electron chi connectivity index (χ1n) is 5.60. The fraction of sp³-hybridized carbons (Fsp3) is 0.462. The van der Waals surface area contributed by atoms with Crippen molar-refractivity contribution in [3.05, 3.63) is 29.6 Å². The van der Waals surface area contributed by atoms with Crippen LogP contribution in [-0.4, -0.2) is 9.38 Å². The Morgan fingerprint density at radius 2 is 2.06 bits per heavy atom. The number of aromatic nitrogens is 2. The summed E-state index contributed by atoms with van der Waals surface area (Å²) in [5.41, 5.74) is 9.46. The molecule has 0 atom stereocenters. The SMILES string of the molecule is Cc1cccn2c(N)c(CC(C)(C)C)nc12. The Balaban J connectivity index is 2.56. The summed E-state index contributed by atoms with van der Waals surface area (Å²) in [6.45, 7) is 8.65. The molecule has 0 aliphatic rings. The number of fused-ring (bicyclic) bond motifs is 1. The second-order valence-corrected chi connectivity index (χ2v) is 5.57. The molecular formula is C13H19N3. The van der Waals surface area contributed by atoms with Gasteiger partial charge in [0.15, 0.2) is 0 Å². The van der Waals surface area contributed by atoms with Gasteiger partial charge in [-0.2, -0.15) is 0 Å².